The third-order valence-electron chi connectivity index (χ3n) is 7.29. The molecule has 172 valence electrons. The van der Waals surface area contributed by atoms with Gasteiger partial charge in [-0.15, -0.1) is 6.58 Å². The van der Waals surface area contributed by atoms with Gasteiger partial charge in [0.25, 0.3) is 0 Å². The minimum absolute atomic E-state index is 0.160. The van der Waals surface area contributed by atoms with Crippen LogP contribution in [0.3, 0.4) is 0 Å². The van der Waals surface area contributed by atoms with Gasteiger partial charge in [-0.25, -0.2) is 8.78 Å². The molecule has 0 bridgehead atoms. The van der Waals surface area contributed by atoms with Crippen molar-refractivity contribution in [2.45, 2.75) is 51.4 Å². The first-order valence-electron chi connectivity index (χ1n) is 12.0. The third-order valence-corrected chi connectivity index (χ3v) is 7.29. The summed E-state index contributed by atoms with van der Waals surface area (Å²) in [6.07, 6.45) is 12.7. The van der Waals surface area contributed by atoms with Crippen LogP contribution < -0.4 is 4.74 Å². The van der Waals surface area contributed by atoms with Crippen molar-refractivity contribution < 1.29 is 13.5 Å². The van der Waals surface area contributed by atoms with Crippen LogP contribution >= 0.6 is 0 Å². The summed E-state index contributed by atoms with van der Waals surface area (Å²) in [4.78, 5) is 0. The van der Waals surface area contributed by atoms with Crippen LogP contribution in [0.25, 0.3) is 0 Å². The molecule has 0 spiro atoms. The van der Waals surface area contributed by atoms with Gasteiger partial charge in [0.15, 0.2) is 0 Å². The van der Waals surface area contributed by atoms with E-state index in [4.69, 9.17) is 4.74 Å². The molecular weight excluding hydrogens is 414 g/mol. The molecule has 0 aromatic heterocycles. The fourth-order valence-corrected chi connectivity index (χ4v) is 5.40. The lowest BCUT2D eigenvalue weighted by Crippen LogP contribution is -2.30. The minimum Gasteiger partial charge on any atom is -0.490 e. The van der Waals surface area contributed by atoms with Crippen LogP contribution in [0.2, 0.25) is 0 Å². The van der Waals surface area contributed by atoms with E-state index >= 15 is 0 Å². The van der Waals surface area contributed by atoms with Crippen molar-refractivity contribution in [3.8, 4) is 17.6 Å². The summed E-state index contributed by atoms with van der Waals surface area (Å²) in [6, 6.07) is 10.2. The van der Waals surface area contributed by atoms with Gasteiger partial charge in [-0.2, -0.15) is 0 Å². The second-order valence-electron chi connectivity index (χ2n) is 9.35. The van der Waals surface area contributed by atoms with Crippen LogP contribution in [0.15, 0.2) is 61.2 Å². The summed E-state index contributed by atoms with van der Waals surface area (Å²) in [6.45, 7) is 6.40. The molecule has 2 aromatic carbocycles. The lowest BCUT2D eigenvalue weighted by Gasteiger charge is -2.41. The molecule has 1 nitrogen and oxygen atoms in total. The number of benzene rings is 2. The van der Waals surface area contributed by atoms with Crippen molar-refractivity contribution in [1.82, 2.24) is 0 Å². The molecule has 0 amide bonds. The van der Waals surface area contributed by atoms with Gasteiger partial charge in [-0.05, 0) is 111 Å². The van der Waals surface area contributed by atoms with E-state index in [-0.39, 0.29) is 11.5 Å². The Balaban J connectivity index is 1.44. The third kappa shape index (κ3) is 5.74. The molecule has 2 saturated carbocycles. The number of halogens is 2. The largest absolute Gasteiger partial charge is 0.490 e. The lowest BCUT2D eigenvalue weighted by atomic mass is 9.64. The lowest BCUT2D eigenvalue weighted by molar-refractivity contribution is 0.133. The Kier molecular flexibility index (Phi) is 7.65. The number of allylic oxidation sites excluding steroid dienone is 2. The van der Waals surface area contributed by atoms with Crippen LogP contribution in [-0.4, -0.2) is 6.61 Å². The SMILES string of the molecule is C=CC1CCC2CC(c3cc(F)c(C#Cc4ccc(OC/C=C/C)cc4)c(F)c3)CCC2C1. The highest BCUT2D eigenvalue weighted by Crippen LogP contribution is 2.48. The van der Waals surface area contributed by atoms with Crippen molar-refractivity contribution in [2.75, 3.05) is 6.61 Å². The van der Waals surface area contributed by atoms with E-state index < -0.39 is 11.6 Å². The zero-order valence-electron chi connectivity index (χ0n) is 19.3. The summed E-state index contributed by atoms with van der Waals surface area (Å²) >= 11 is 0. The highest BCUT2D eigenvalue weighted by atomic mass is 19.1. The van der Waals surface area contributed by atoms with Crippen LogP contribution in [0.1, 0.15) is 68.1 Å². The maximum atomic E-state index is 14.9. The first-order chi connectivity index (χ1) is 16.1. The fourth-order valence-electron chi connectivity index (χ4n) is 5.40. The molecule has 0 radical (unpaired) electrons. The van der Waals surface area contributed by atoms with Crippen LogP contribution in [0.4, 0.5) is 8.78 Å². The van der Waals surface area contributed by atoms with E-state index in [9.17, 15) is 8.78 Å². The Bertz CT molecular complexity index is 1030. The molecule has 33 heavy (non-hydrogen) atoms. The van der Waals surface area contributed by atoms with Crippen molar-refractivity contribution in [3.05, 3.63) is 89.5 Å². The Labute approximate surface area is 196 Å². The first-order valence-corrected chi connectivity index (χ1v) is 12.0. The number of hydrogen-bond acceptors (Lipinski definition) is 1. The highest BCUT2D eigenvalue weighted by Gasteiger charge is 2.35. The molecule has 4 atom stereocenters. The molecule has 2 aliphatic carbocycles. The molecule has 0 N–H and O–H groups in total. The predicted octanol–water partition coefficient (Wildman–Crippen LogP) is 7.81. The molecular formula is C30H32F2O. The monoisotopic (exact) mass is 446 g/mol. The maximum Gasteiger partial charge on any atom is 0.142 e. The Morgan fingerprint density at radius 1 is 0.970 bits per heavy atom. The van der Waals surface area contributed by atoms with Gasteiger partial charge >= 0.3 is 0 Å². The first kappa shape index (κ1) is 23.3. The highest BCUT2D eigenvalue weighted by molar-refractivity contribution is 5.46. The molecule has 0 heterocycles. The van der Waals surface area contributed by atoms with E-state index in [1.807, 2.05) is 31.2 Å². The molecule has 2 aromatic rings. The maximum absolute atomic E-state index is 14.9. The smallest absolute Gasteiger partial charge is 0.142 e. The molecule has 0 aliphatic heterocycles. The van der Waals surface area contributed by atoms with E-state index in [1.54, 1.807) is 12.1 Å². The average Bonchev–Trinajstić information content (AvgIpc) is 2.83. The topological polar surface area (TPSA) is 9.23 Å². The second kappa shape index (κ2) is 10.8. The van der Waals surface area contributed by atoms with Gasteiger partial charge in [-0.1, -0.05) is 30.1 Å². The summed E-state index contributed by atoms with van der Waals surface area (Å²) in [5.74, 6) is 7.43. The van der Waals surface area contributed by atoms with Crippen LogP contribution in [0, 0.1) is 41.2 Å². The number of ether oxygens (including phenoxy) is 1. The Morgan fingerprint density at radius 3 is 2.36 bits per heavy atom. The van der Waals surface area contributed by atoms with Gasteiger partial charge in [0.2, 0.25) is 0 Å². The van der Waals surface area contributed by atoms with Crippen molar-refractivity contribution in [2.24, 2.45) is 17.8 Å². The van der Waals surface area contributed by atoms with Gasteiger partial charge < -0.3 is 4.74 Å². The molecule has 4 unspecified atom stereocenters. The Hall–Kier alpha value is -2.86. The van der Waals surface area contributed by atoms with Gasteiger partial charge in [-0.3, -0.25) is 0 Å². The molecule has 0 saturated heterocycles. The van der Waals surface area contributed by atoms with E-state index in [0.717, 1.165) is 36.5 Å². The second-order valence-corrected chi connectivity index (χ2v) is 9.35. The summed E-state index contributed by atoms with van der Waals surface area (Å²) < 4.78 is 35.3. The zero-order valence-corrected chi connectivity index (χ0v) is 19.3. The average molecular weight is 447 g/mol. The van der Waals surface area contributed by atoms with Crippen molar-refractivity contribution >= 4 is 0 Å². The number of fused-ring (bicyclic) bond motifs is 1. The van der Waals surface area contributed by atoms with Gasteiger partial charge in [0.1, 0.15) is 24.0 Å². The predicted molar refractivity (Wildman–Crippen MR) is 130 cm³/mol. The minimum atomic E-state index is -0.568. The van der Waals surface area contributed by atoms with E-state index in [1.165, 1.54) is 31.4 Å². The van der Waals surface area contributed by atoms with Gasteiger partial charge in [0, 0.05) is 5.56 Å². The van der Waals surface area contributed by atoms with Crippen LogP contribution in [0.5, 0.6) is 5.75 Å². The van der Waals surface area contributed by atoms with Crippen LogP contribution in [-0.2, 0) is 0 Å². The molecule has 2 aliphatic rings. The number of hydrogen-bond donors (Lipinski definition) is 0. The van der Waals surface area contributed by atoms with Crippen molar-refractivity contribution in [3.63, 3.8) is 0 Å². The fraction of sp³-hybridized carbons (Fsp3) is 0.400. The zero-order chi connectivity index (χ0) is 23.2. The number of rotatable bonds is 5. The summed E-state index contributed by atoms with van der Waals surface area (Å²) in [5, 5.41) is 0. The molecule has 3 heteroatoms. The van der Waals surface area contributed by atoms with E-state index in [0.29, 0.717) is 24.0 Å². The molecule has 2 fully saturated rings. The van der Waals surface area contributed by atoms with Gasteiger partial charge in [0.05, 0.1) is 5.56 Å². The standard InChI is InChI=1S/C30H32F2O/c1-3-5-16-33-27-13-7-22(8-14-27)9-15-28-29(31)19-26(20-30(28)32)25-12-11-23-17-21(4-2)6-10-24(23)18-25/h3-5,7-8,13-14,19-21,23-25H,2,6,10-12,16-18H2,1H3/b5-3+. The quantitative estimate of drug-likeness (QED) is 0.336. The normalized spacial score (nSPS) is 24.6. The van der Waals surface area contributed by atoms with Crippen molar-refractivity contribution in [1.29, 1.82) is 0 Å². The summed E-state index contributed by atoms with van der Waals surface area (Å²) in [7, 11) is 0. The molecule has 4 rings (SSSR count). The Morgan fingerprint density at radius 2 is 1.67 bits per heavy atom. The summed E-state index contributed by atoms with van der Waals surface area (Å²) in [5.41, 5.74) is 1.31. The van der Waals surface area contributed by atoms with E-state index in [2.05, 4.69) is 24.5 Å².